The molecular formula is C13H14BrClFNO3S. The van der Waals surface area contributed by atoms with E-state index in [4.69, 9.17) is 10.7 Å². The minimum Gasteiger partial charge on any atom is -0.338 e. The van der Waals surface area contributed by atoms with E-state index in [1.807, 2.05) is 6.92 Å². The van der Waals surface area contributed by atoms with Gasteiger partial charge in [-0.05, 0) is 40.4 Å². The van der Waals surface area contributed by atoms with Crippen molar-refractivity contribution >= 4 is 41.6 Å². The van der Waals surface area contributed by atoms with Crippen molar-refractivity contribution in [1.82, 2.24) is 4.90 Å². The molecule has 0 spiro atoms. The van der Waals surface area contributed by atoms with Crippen LogP contribution in [0.25, 0.3) is 0 Å². The van der Waals surface area contributed by atoms with E-state index in [9.17, 15) is 17.6 Å². The SMILES string of the molecule is CCC1CCN(C(=O)c2cc(S(=O)(=O)Cl)c(Br)cc2F)C1. The van der Waals surface area contributed by atoms with E-state index in [-0.39, 0.29) is 14.9 Å². The molecule has 0 saturated carbocycles. The van der Waals surface area contributed by atoms with Crippen molar-refractivity contribution in [3.05, 3.63) is 28.0 Å². The molecule has 8 heteroatoms. The Morgan fingerprint density at radius 3 is 2.71 bits per heavy atom. The summed E-state index contributed by atoms with van der Waals surface area (Å²) >= 11 is 2.94. The number of amides is 1. The van der Waals surface area contributed by atoms with E-state index in [1.165, 1.54) is 0 Å². The molecular weight excluding hydrogens is 385 g/mol. The van der Waals surface area contributed by atoms with Gasteiger partial charge in [-0.15, -0.1) is 0 Å². The molecule has 0 aromatic heterocycles. The second-order valence-electron chi connectivity index (χ2n) is 5.01. The zero-order valence-corrected chi connectivity index (χ0v) is 14.4. The van der Waals surface area contributed by atoms with Gasteiger partial charge < -0.3 is 4.90 Å². The van der Waals surface area contributed by atoms with Crippen LogP contribution >= 0.6 is 26.6 Å². The van der Waals surface area contributed by atoms with Crippen LogP contribution in [-0.4, -0.2) is 32.3 Å². The summed E-state index contributed by atoms with van der Waals surface area (Å²) in [5.41, 5.74) is -0.269. The Morgan fingerprint density at radius 1 is 1.52 bits per heavy atom. The van der Waals surface area contributed by atoms with Crippen molar-refractivity contribution in [2.45, 2.75) is 24.7 Å². The van der Waals surface area contributed by atoms with Crippen LogP contribution in [0.1, 0.15) is 30.1 Å². The summed E-state index contributed by atoms with van der Waals surface area (Å²) in [7, 11) is 1.24. The van der Waals surface area contributed by atoms with Crippen LogP contribution in [-0.2, 0) is 9.05 Å². The number of nitrogens with zero attached hydrogens (tertiary/aromatic N) is 1. The van der Waals surface area contributed by atoms with Gasteiger partial charge in [0.25, 0.3) is 15.0 Å². The van der Waals surface area contributed by atoms with E-state index in [0.717, 1.165) is 25.0 Å². The van der Waals surface area contributed by atoms with Gasteiger partial charge in [0.15, 0.2) is 0 Å². The topological polar surface area (TPSA) is 54.5 Å². The van der Waals surface area contributed by atoms with Crippen LogP contribution in [0.5, 0.6) is 0 Å². The fraction of sp³-hybridized carbons (Fsp3) is 0.462. The molecule has 1 aromatic rings. The van der Waals surface area contributed by atoms with Gasteiger partial charge in [-0.2, -0.15) is 0 Å². The number of carbonyl (C=O) groups excluding carboxylic acids is 1. The minimum atomic E-state index is -4.06. The van der Waals surface area contributed by atoms with Crippen molar-refractivity contribution in [2.75, 3.05) is 13.1 Å². The highest BCUT2D eigenvalue weighted by atomic mass is 79.9. The van der Waals surface area contributed by atoms with Gasteiger partial charge in [0.05, 0.1) is 10.5 Å². The molecule has 1 heterocycles. The van der Waals surface area contributed by atoms with Gasteiger partial charge in [0.1, 0.15) is 5.82 Å². The van der Waals surface area contributed by atoms with Crippen LogP contribution in [0.15, 0.2) is 21.5 Å². The second-order valence-corrected chi connectivity index (χ2v) is 8.40. The quantitative estimate of drug-likeness (QED) is 0.733. The highest BCUT2D eigenvalue weighted by molar-refractivity contribution is 9.10. The summed E-state index contributed by atoms with van der Waals surface area (Å²) in [5, 5.41) is 0. The molecule has 116 valence electrons. The Balaban J connectivity index is 2.38. The Morgan fingerprint density at radius 2 is 2.19 bits per heavy atom. The van der Waals surface area contributed by atoms with Crippen molar-refractivity contribution in [2.24, 2.45) is 5.92 Å². The minimum absolute atomic E-state index is 0.000549. The number of hydrogen-bond donors (Lipinski definition) is 0. The number of rotatable bonds is 3. The molecule has 1 amide bonds. The van der Waals surface area contributed by atoms with Crippen molar-refractivity contribution < 1.29 is 17.6 Å². The first-order valence-electron chi connectivity index (χ1n) is 6.47. The van der Waals surface area contributed by atoms with Crippen LogP contribution in [0, 0.1) is 11.7 Å². The van der Waals surface area contributed by atoms with E-state index in [2.05, 4.69) is 15.9 Å². The van der Waals surface area contributed by atoms with Crippen LogP contribution in [0.3, 0.4) is 0 Å². The van der Waals surface area contributed by atoms with Gasteiger partial charge >= 0.3 is 0 Å². The molecule has 1 aromatic carbocycles. The third-order valence-electron chi connectivity index (χ3n) is 3.67. The first kappa shape index (κ1) is 16.7. The highest BCUT2D eigenvalue weighted by Gasteiger charge is 2.29. The Labute approximate surface area is 135 Å². The summed E-state index contributed by atoms with van der Waals surface area (Å²) in [6.07, 6.45) is 1.83. The smallest absolute Gasteiger partial charge is 0.262 e. The van der Waals surface area contributed by atoms with Gasteiger partial charge in [-0.25, -0.2) is 12.8 Å². The Bertz CT molecular complexity index is 680. The predicted octanol–water partition coefficient (Wildman–Crippen LogP) is 3.39. The lowest BCUT2D eigenvalue weighted by molar-refractivity contribution is 0.0782. The highest BCUT2D eigenvalue weighted by Crippen LogP contribution is 2.30. The molecule has 21 heavy (non-hydrogen) atoms. The molecule has 1 fully saturated rings. The molecule has 0 bridgehead atoms. The number of benzene rings is 1. The summed E-state index contributed by atoms with van der Waals surface area (Å²) in [5.74, 6) is -0.864. The monoisotopic (exact) mass is 397 g/mol. The van der Waals surface area contributed by atoms with Crippen molar-refractivity contribution in [1.29, 1.82) is 0 Å². The average Bonchev–Trinajstić information content (AvgIpc) is 2.85. The maximum Gasteiger partial charge on any atom is 0.262 e. The molecule has 2 rings (SSSR count). The van der Waals surface area contributed by atoms with Gasteiger partial charge in [-0.1, -0.05) is 13.3 Å². The van der Waals surface area contributed by atoms with Gasteiger partial charge in [0.2, 0.25) is 0 Å². The van der Waals surface area contributed by atoms with Gasteiger partial charge in [0, 0.05) is 28.2 Å². The maximum atomic E-state index is 14.0. The second kappa shape index (κ2) is 6.22. The lowest BCUT2D eigenvalue weighted by Gasteiger charge is -2.17. The Kier molecular flexibility index (Phi) is 4.95. The molecule has 1 saturated heterocycles. The van der Waals surface area contributed by atoms with Crippen LogP contribution < -0.4 is 0 Å². The molecule has 0 radical (unpaired) electrons. The van der Waals surface area contributed by atoms with Gasteiger partial charge in [-0.3, -0.25) is 4.79 Å². The zero-order chi connectivity index (χ0) is 15.8. The molecule has 0 aliphatic carbocycles. The zero-order valence-electron chi connectivity index (χ0n) is 11.3. The first-order valence-corrected chi connectivity index (χ1v) is 9.57. The van der Waals surface area contributed by atoms with Crippen LogP contribution in [0.4, 0.5) is 4.39 Å². The summed E-state index contributed by atoms with van der Waals surface area (Å²) < 4.78 is 36.9. The average molecular weight is 399 g/mol. The Hall–Kier alpha value is -0.660. The molecule has 1 aliphatic rings. The third-order valence-corrected chi connectivity index (χ3v) is 5.95. The fourth-order valence-electron chi connectivity index (χ4n) is 2.40. The molecule has 1 unspecified atom stereocenters. The van der Waals surface area contributed by atoms with E-state index in [0.29, 0.717) is 19.0 Å². The third kappa shape index (κ3) is 3.57. The summed E-state index contributed by atoms with van der Waals surface area (Å²) in [6, 6.07) is 1.94. The lowest BCUT2D eigenvalue weighted by Crippen LogP contribution is -2.29. The molecule has 4 nitrogen and oxygen atoms in total. The number of halogens is 3. The predicted molar refractivity (Wildman–Crippen MR) is 81.4 cm³/mol. The van der Waals surface area contributed by atoms with Crippen LogP contribution in [0.2, 0.25) is 0 Å². The molecule has 1 atom stereocenters. The normalized spacial score (nSPS) is 19.0. The van der Waals surface area contributed by atoms with Crippen molar-refractivity contribution in [3.63, 3.8) is 0 Å². The van der Waals surface area contributed by atoms with Crippen molar-refractivity contribution in [3.8, 4) is 0 Å². The lowest BCUT2D eigenvalue weighted by atomic mass is 10.1. The maximum absolute atomic E-state index is 14.0. The summed E-state index contributed by atoms with van der Waals surface area (Å²) in [6.45, 7) is 3.15. The number of hydrogen-bond acceptors (Lipinski definition) is 3. The van der Waals surface area contributed by atoms with E-state index < -0.39 is 20.8 Å². The van der Waals surface area contributed by atoms with E-state index >= 15 is 0 Å². The first-order chi connectivity index (χ1) is 9.74. The number of likely N-dealkylation sites (tertiary alicyclic amines) is 1. The van der Waals surface area contributed by atoms with E-state index in [1.54, 1.807) is 4.90 Å². The largest absolute Gasteiger partial charge is 0.338 e. The fourth-order valence-corrected chi connectivity index (χ4v) is 4.57. The molecule has 1 aliphatic heterocycles. The number of carbonyl (C=O) groups is 1. The molecule has 0 N–H and O–H groups in total. The summed E-state index contributed by atoms with van der Waals surface area (Å²) in [4.78, 5) is 13.6. The standard InChI is InChI=1S/C13H14BrClFNO3S/c1-2-8-3-4-17(7-8)13(18)9-5-12(21(15,19)20)10(14)6-11(9)16/h5-6,8H,2-4,7H2,1H3.